The summed E-state index contributed by atoms with van der Waals surface area (Å²) in [5.41, 5.74) is 1.47. The second-order valence-corrected chi connectivity index (χ2v) is 9.66. The van der Waals surface area contributed by atoms with Crippen LogP contribution in [0.25, 0.3) is 0 Å². The van der Waals surface area contributed by atoms with Crippen molar-refractivity contribution in [3.05, 3.63) is 48.3 Å². The lowest BCUT2D eigenvalue weighted by Gasteiger charge is -2.39. The number of carbonyl (C=O) groups is 1. The summed E-state index contributed by atoms with van der Waals surface area (Å²) in [7, 11) is -3.62. The van der Waals surface area contributed by atoms with Gasteiger partial charge in [-0.2, -0.15) is 0 Å². The van der Waals surface area contributed by atoms with Crippen LogP contribution in [0.4, 0.5) is 5.69 Å². The van der Waals surface area contributed by atoms with Gasteiger partial charge in [0, 0.05) is 56.7 Å². The molecule has 1 aliphatic heterocycles. The highest BCUT2D eigenvalue weighted by Gasteiger charge is 2.23. The Morgan fingerprint density at radius 3 is 2.40 bits per heavy atom. The van der Waals surface area contributed by atoms with Crippen molar-refractivity contribution < 1.29 is 13.2 Å². The zero-order chi connectivity index (χ0) is 21.7. The fourth-order valence-electron chi connectivity index (χ4n) is 3.56. The van der Waals surface area contributed by atoms with Crippen molar-refractivity contribution >= 4 is 21.6 Å². The van der Waals surface area contributed by atoms with Gasteiger partial charge in [-0.1, -0.05) is 18.2 Å². The standard InChI is InChI=1S/C21H31N5O3S/c1-16(2)24-30(28,29)19-13-20(22-15-19)21(27)23-14-17(3)25-9-11-26(12-10-25)18-7-5-4-6-8-18/h4-8,13,15-17,22,24H,9-12,14H2,1-3H3,(H,23,27)/t17-/m1/s1. The van der Waals surface area contributed by atoms with Gasteiger partial charge in [-0.15, -0.1) is 0 Å². The number of nitrogens with zero attached hydrogens (tertiary/aromatic N) is 2. The third-order valence-electron chi connectivity index (χ3n) is 5.22. The number of H-pyrrole nitrogens is 1. The first-order valence-corrected chi connectivity index (χ1v) is 11.8. The van der Waals surface area contributed by atoms with E-state index in [9.17, 15) is 13.2 Å². The van der Waals surface area contributed by atoms with Crippen LogP contribution in [0.1, 0.15) is 31.3 Å². The van der Waals surface area contributed by atoms with Crippen LogP contribution in [0.3, 0.4) is 0 Å². The normalized spacial score (nSPS) is 16.6. The highest BCUT2D eigenvalue weighted by atomic mass is 32.2. The van der Waals surface area contributed by atoms with Crippen molar-refractivity contribution in [2.24, 2.45) is 0 Å². The van der Waals surface area contributed by atoms with Crippen molar-refractivity contribution in [1.82, 2.24) is 19.9 Å². The fourth-order valence-corrected chi connectivity index (χ4v) is 4.81. The number of hydrogen-bond acceptors (Lipinski definition) is 5. The molecular weight excluding hydrogens is 402 g/mol. The van der Waals surface area contributed by atoms with E-state index in [1.54, 1.807) is 13.8 Å². The van der Waals surface area contributed by atoms with Gasteiger partial charge < -0.3 is 15.2 Å². The van der Waals surface area contributed by atoms with Crippen molar-refractivity contribution in [3.63, 3.8) is 0 Å². The topological polar surface area (TPSA) is 97.5 Å². The molecule has 0 saturated carbocycles. The number of aromatic amines is 1. The Morgan fingerprint density at radius 1 is 1.10 bits per heavy atom. The monoisotopic (exact) mass is 433 g/mol. The summed E-state index contributed by atoms with van der Waals surface area (Å²) in [6.45, 7) is 9.84. The van der Waals surface area contributed by atoms with E-state index in [2.05, 4.69) is 56.0 Å². The van der Waals surface area contributed by atoms with Crippen LogP contribution in [0.15, 0.2) is 47.5 Å². The lowest BCUT2D eigenvalue weighted by molar-refractivity contribution is 0.0930. The van der Waals surface area contributed by atoms with Crippen molar-refractivity contribution in [2.75, 3.05) is 37.6 Å². The molecule has 0 radical (unpaired) electrons. The SMILES string of the molecule is CC(C)NS(=O)(=O)c1c[nH]c(C(=O)NC[C@@H](C)N2CCN(c3ccccc3)CC2)c1. The fraction of sp³-hybridized carbons (Fsp3) is 0.476. The van der Waals surface area contributed by atoms with Crippen LogP contribution in [0, 0.1) is 0 Å². The van der Waals surface area contributed by atoms with Gasteiger partial charge in [-0.25, -0.2) is 13.1 Å². The first-order chi connectivity index (χ1) is 14.3. The smallest absolute Gasteiger partial charge is 0.267 e. The number of anilines is 1. The Bertz CT molecular complexity index is 935. The zero-order valence-corrected chi connectivity index (χ0v) is 18.6. The summed E-state index contributed by atoms with van der Waals surface area (Å²) < 4.78 is 26.9. The van der Waals surface area contributed by atoms with Crippen LogP contribution in [0.2, 0.25) is 0 Å². The molecule has 2 heterocycles. The summed E-state index contributed by atoms with van der Waals surface area (Å²) in [4.78, 5) is 20.0. The minimum atomic E-state index is -3.62. The van der Waals surface area contributed by atoms with Gasteiger partial charge in [0.15, 0.2) is 0 Å². The molecule has 1 aliphatic rings. The molecule has 1 aromatic heterocycles. The third-order valence-corrected chi connectivity index (χ3v) is 6.86. The molecule has 8 nitrogen and oxygen atoms in total. The molecule has 1 atom stereocenters. The number of nitrogens with one attached hydrogen (secondary N) is 3. The minimum Gasteiger partial charge on any atom is -0.369 e. The molecule has 1 amide bonds. The highest BCUT2D eigenvalue weighted by Crippen LogP contribution is 2.16. The average Bonchev–Trinajstić information content (AvgIpc) is 3.23. The van der Waals surface area contributed by atoms with E-state index in [0.717, 1.165) is 26.2 Å². The predicted octanol–water partition coefficient (Wildman–Crippen LogP) is 1.64. The maximum atomic E-state index is 12.4. The summed E-state index contributed by atoms with van der Waals surface area (Å²) in [6.07, 6.45) is 1.34. The summed E-state index contributed by atoms with van der Waals surface area (Å²) in [5, 5.41) is 2.90. The summed E-state index contributed by atoms with van der Waals surface area (Å²) in [6, 6.07) is 11.7. The minimum absolute atomic E-state index is 0.0615. The second-order valence-electron chi connectivity index (χ2n) is 7.94. The maximum absolute atomic E-state index is 12.4. The molecule has 1 saturated heterocycles. The maximum Gasteiger partial charge on any atom is 0.267 e. The van der Waals surface area contributed by atoms with E-state index in [0.29, 0.717) is 6.54 Å². The molecule has 3 N–H and O–H groups in total. The Morgan fingerprint density at radius 2 is 1.77 bits per heavy atom. The van der Waals surface area contributed by atoms with Gasteiger partial charge in [0.05, 0.1) is 0 Å². The quantitative estimate of drug-likeness (QED) is 0.588. The zero-order valence-electron chi connectivity index (χ0n) is 17.8. The van der Waals surface area contributed by atoms with Gasteiger partial charge in [-0.3, -0.25) is 9.69 Å². The number of benzene rings is 1. The molecule has 30 heavy (non-hydrogen) atoms. The Labute approximate surface area is 178 Å². The molecular formula is C21H31N5O3S. The van der Waals surface area contributed by atoms with Crippen LogP contribution < -0.4 is 14.9 Å². The van der Waals surface area contributed by atoms with Gasteiger partial charge >= 0.3 is 0 Å². The number of para-hydroxylation sites is 1. The Balaban J connectivity index is 1.48. The van der Waals surface area contributed by atoms with E-state index >= 15 is 0 Å². The lowest BCUT2D eigenvalue weighted by Crippen LogP contribution is -2.52. The van der Waals surface area contributed by atoms with Gasteiger partial charge in [0.2, 0.25) is 10.0 Å². The first-order valence-electron chi connectivity index (χ1n) is 10.3. The van der Waals surface area contributed by atoms with Crippen molar-refractivity contribution in [2.45, 2.75) is 37.8 Å². The van der Waals surface area contributed by atoms with Crippen molar-refractivity contribution in [1.29, 1.82) is 0 Å². The average molecular weight is 434 g/mol. The number of amides is 1. The van der Waals surface area contributed by atoms with E-state index in [-0.39, 0.29) is 28.6 Å². The molecule has 164 valence electrons. The number of piperazine rings is 1. The largest absolute Gasteiger partial charge is 0.369 e. The molecule has 0 unspecified atom stereocenters. The van der Waals surface area contributed by atoms with Gasteiger partial charge in [0.25, 0.3) is 5.91 Å². The molecule has 1 fully saturated rings. The third kappa shape index (κ3) is 5.62. The van der Waals surface area contributed by atoms with Crippen LogP contribution in [-0.4, -0.2) is 69.0 Å². The second kappa shape index (κ2) is 9.63. The van der Waals surface area contributed by atoms with E-state index < -0.39 is 10.0 Å². The summed E-state index contributed by atoms with van der Waals surface area (Å²) >= 11 is 0. The van der Waals surface area contributed by atoms with Gasteiger partial charge in [0.1, 0.15) is 10.6 Å². The number of aromatic nitrogens is 1. The van der Waals surface area contributed by atoms with E-state index in [1.807, 2.05) is 6.07 Å². The summed E-state index contributed by atoms with van der Waals surface area (Å²) in [5.74, 6) is -0.309. The molecule has 9 heteroatoms. The number of rotatable bonds is 8. The predicted molar refractivity (Wildman–Crippen MR) is 118 cm³/mol. The van der Waals surface area contributed by atoms with Crippen LogP contribution in [0.5, 0.6) is 0 Å². The number of hydrogen-bond donors (Lipinski definition) is 3. The Hall–Kier alpha value is -2.36. The number of sulfonamides is 1. The molecule has 1 aromatic carbocycles. The molecule has 0 spiro atoms. The molecule has 0 bridgehead atoms. The van der Waals surface area contributed by atoms with Crippen LogP contribution >= 0.6 is 0 Å². The highest BCUT2D eigenvalue weighted by molar-refractivity contribution is 7.89. The van der Waals surface area contributed by atoms with Gasteiger partial charge in [-0.05, 0) is 39.0 Å². The molecule has 2 aromatic rings. The van der Waals surface area contributed by atoms with E-state index in [1.165, 1.54) is 18.0 Å². The lowest BCUT2D eigenvalue weighted by atomic mass is 10.2. The van der Waals surface area contributed by atoms with Crippen LogP contribution in [-0.2, 0) is 10.0 Å². The molecule has 0 aliphatic carbocycles. The van der Waals surface area contributed by atoms with Crippen molar-refractivity contribution in [3.8, 4) is 0 Å². The van der Waals surface area contributed by atoms with E-state index in [4.69, 9.17) is 0 Å². The number of carbonyl (C=O) groups excluding carboxylic acids is 1. The molecule has 3 rings (SSSR count). The Kier molecular flexibility index (Phi) is 7.17. The first kappa shape index (κ1) is 22.3.